The fourth-order valence-electron chi connectivity index (χ4n) is 5.19. The van der Waals surface area contributed by atoms with Crippen molar-refractivity contribution in [2.24, 2.45) is 11.3 Å². The van der Waals surface area contributed by atoms with Gasteiger partial charge in [0.25, 0.3) is 0 Å². The summed E-state index contributed by atoms with van der Waals surface area (Å²) in [6, 6.07) is 3.06. The number of aliphatic carboxylic acids is 1. The minimum absolute atomic E-state index is 0.0783. The van der Waals surface area contributed by atoms with Crippen LogP contribution in [0.2, 0.25) is 0 Å². The smallest absolute Gasteiger partial charge is 0.311 e. The summed E-state index contributed by atoms with van der Waals surface area (Å²) in [4.78, 5) is 28.6. The van der Waals surface area contributed by atoms with Crippen LogP contribution in [0.25, 0.3) is 0 Å². The van der Waals surface area contributed by atoms with Crippen LogP contribution in [0.5, 0.6) is 0 Å². The van der Waals surface area contributed by atoms with E-state index in [0.29, 0.717) is 38.0 Å². The van der Waals surface area contributed by atoms with E-state index >= 15 is 0 Å². The molecular weight excluding hydrogens is 354 g/mol. The van der Waals surface area contributed by atoms with Gasteiger partial charge in [0.05, 0.1) is 11.5 Å². The lowest BCUT2D eigenvalue weighted by molar-refractivity contribution is -0.150. The lowest BCUT2D eigenvalue weighted by Gasteiger charge is -2.37. The Morgan fingerprint density at radius 1 is 1.26 bits per heavy atom. The molecule has 7 heteroatoms. The summed E-state index contributed by atoms with van der Waals surface area (Å²) in [6.45, 7) is 1.71. The van der Waals surface area contributed by atoms with Crippen molar-refractivity contribution >= 4 is 11.9 Å². The van der Waals surface area contributed by atoms with Gasteiger partial charge in [0.15, 0.2) is 0 Å². The zero-order valence-electron chi connectivity index (χ0n) is 15.2. The van der Waals surface area contributed by atoms with E-state index < -0.39 is 23.0 Å². The molecule has 1 aromatic rings. The second kappa shape index (κ2) is 6.86. The van der Waals surface area contributed by atoms with Gasteiger partial charge in [0.1, 0.15) is 11.6 Å². The molecule has 0 spiro atoms. The molecule has 0 aromatic heterocycles. The first-order valence-corrected chi connectivity index (χ1v) is 9.61. The molecule has 3 fully saturated rings. The van der Waals surface area contributed by atoms with Gasteiger partial charge in [-0.05, 0) is 37.7 Å². The Labute approximate surface area is 156 Å². The predicted octanol–water partition coefficient (Wildman–Crippen LogP) is 2.64. The largest absolute Gasteiger partial charge is 0.481 e. The molecule has 1 unspecified atom stereocenters. The van der Waals surface area contributed by atoms with Gasteiger partial charge in [0.2, 0.25) is 5.91 Å². The Morgan fingerprint density at radius 3 is 2.78 bits per heavy atom. The number of benzene rings is 1. The van der Waals surface area contributed by atoms with E-state index in [4.69, 9.17) is 0 Å². The molecule has 146 valence electrons. The number of fused-ring (bicyclic) bond motifs is 1. The quantitative estimate of drug-likeness (QED) is 0.875. The number of likely N-dealkylation sites (tertiary alicyclic amines) is 2. The molecule has 1 amide bonds. The predicted molar refractivity (Wildman–Crippen MR) is 93.8 cm³/mol. The average molecular weight is 378 g/mol. The molecule has 0 radical (unpaired) electrons. The summed E-state index contributed by atoms with van der Waals surface area (Å²) in [7, 11) is 0. The van der Waals surface area contributed by atoms with Crippen molar-refractivity contribution in [1.29, 1.82) is 0 Å². The molecule has 1 aliphatic carbocycles. The summed E-state index contributed by atoms with van der Waals surface area (Å²) >= 11 is 0. The molecule has 2 heterocycles. The van der Waals surface area contributed by atoms with Crippen LogP contribution in [0.4, 0.5) is 8.78 Å². The fraction of sp³-hybridized carbons (Fsp3) is 0.600. The molecule has 3 atom stereocenters. The highest BCUT2D eigenvalue weighted by atomic mass is 19.1. The Morgan fingerprint density at radius 2 is 2.07 bits per heavy atom. The first-order valence-electron chi connectivity index (χ1n) is 9.61. The van der Waals surface area contributed by atoms with Crippen molar-refractivity contribution in [2.75, 3.05) is 19.6 Å². The summed E-state index contributed by atoms with van der Waals surface area (Å²) in [6.07, 6.45) is 3.99. The zero-order chi connectivity index (χ0) is 19.2. The van der Waals surface area contributed by atoms with Crippen LogP contribution in [0, 0.1) is 23.0 Å². The first-order chi connectivity index (χ1) is 12.9. The SMILES string of the molecule is O=C1C(N2C[C@@H]3CCC[C@@]3(C(=O)O)C2)CCCN1Cc1ccc(F)cc1F. The number of halogens is 2. The van der Waals surface area contributed by atoms with Crippen LogP contribution in [-0.4, -0.2) is 52.5 Å². The number of nitrogens with zero attached hydrogens (tertiary/aromatic N) is 2. The van der Waals surface area contributed by atoms with Gasteiger partial charge in [-0.25, -0.2) is 8.78 Å². The van der Waals surface area contributed by atoms with Gasteiger partial charge in [-0.1, -0.05) is 12.5 Å². The van der Waals surface area contributed by atoms with Gasteiger partial charge in [-0.15, -0.1) is 0 Å². The van der Waals surface area contributed by atoms with Gasteiger partial charge in [-0.3, -0.25) is 14.5 Å². The number of hydrogen-bond acceptors (Lipinski definition) is 3. The van der Waals surface area contributed by atoms with Crippen LogP contribution in [0.1, 0.15) is 37.7 Å². The highest BCUT2D eigenvalue weighted by Crippen LogP contribution is 2.49. The van der Waals surface area contributed by atoms with E-state index in [1.165, 1.54) is 12.1 Å². The van der Waals surface area contributed by atoms with E-state index in [2.05, 4.69) is 0 Å². The minimum atomic E-state index is -0.749. The third-order valence-electron chi connectivity index (χ3n) is 6.64. The van der Waals surface area contributed by atoms with Crippen LogP contribution < -0.4 is 0 Å². The molecular formula is C20H24F2N2O3. The topological polar surface area (TPSA) is 60.9 Å². The van der Waals surface area contributed by atoms with Crippen molar-refractivity contribution in [2.45, 2.75) is 44.7 Å². The second-order valence-corrected chi connectivity index (χ2v) is 8.13. The zero-order valence-corrected chi connectivity index (χ0v) is 15.2. The molecule has 1 aromatic carbocycles. The summed E-state index contributed by atoms with van der Waals surface area (Å²) in [5.41, 5.74) is -0.420. The van der Waals surface area contributed by atoms with E-state index in [1.54, 1.807) is 4.90 Å². The van der Waals surface area contributed by atoms with Crippen molar-refractivity contribution in [1.82, 2.24) is 9.80 Å². The number of carboxylic acids is 1. The van der Waals surface area contributed by atoms with Crippen LogP contribution in [0.3, 0.4) is 0 Å². The van der Waals surface area contributed by atoms with Crippen molar-refractivity contribution in [3.05, 3.63) is 35.4 Å². The molecule has 5 nitrogen and oxygen atoms in total. The average Bonchev–Trinajstić information content (AvgIpc) is 3.17. The highest BCUT2D eigenvalue weighted by molar-refractivity contribution is 5.83. The Kier molecular flexibility index (Phi) is 4.66. The number of carbonyl (C=O) groups excluding carboxylic acids is 1. The van der Waals surface area contributed by atoms with Gasteiger partial charge in [-0.2, -0.15) is 0 Å². The molecule has 1 N–H and O–H groups in total. The monoisotopic (exact) mass is 378 g/mol. The fourth-order valence-corrected chi connectivity index (χ4v) is 5.19. The third kappa shape index (κ3) is 3.12. The summed E-state index contributed by atoms with van der Waals surface area (Å²) in [5.74, 6) is -2.01. The number of piperidine rings is 1. The molecule has 2 saturated heterocycles. The Bertz CT molecular complexity index is 772. The molecule has 0 bridgehead atoms. The highest BCUT2D eigenvalue weighted by Gasteiger charge is 2.56. The molecule has 4 rings (SSSR count). The lowest BCUT2D eigenvalue weighted by Crippen LogP contribution is -2.52. The van der Waals surface area contributed by atoms with E-state index in [1.807, 2.05) is 4.90 Å². The first kappa shape index (κ1) is 18.3. The van der Waals surface area contributed by atoms with Crippen molar-refractivity contribution in [3.63, 3.8) is 0 Å². The number of carbonyl (C=O) groups is 2. The van der Waals surface area contributed by atoms with Gasteiger partial charge < -0.3 is 10.0 Å². The minimum Gasteiger partial charge on any atom is -0.481 e. The molecule has 2 aliphatic heterocycles. The standard InChI is InChI=1S/C20H24F2N2O3/c21-15-6-5-13(16(22)9-15)10-23-8-2-4-17(18(23)25)24-11-14-3-1-7-20(14,12-24)19(26)27/h5-6,9,14,17H,1-4,7-8,10-12H2,(H,26,27)/t14-,17?,20+/m0/s1. The number of amides is 1. The summed E-state index contributed by atoms with van der Waals surface area (Å²) < 4.78 is 27.1. The van der Waals surface area contributed by atoms with Gasteiger partial charge in [0, 0.05) is 37.8 Å². The normalized spacial score (nSPS) is 31.3. The van der Waals surface area contributed by atoms with Gasteiger partial charge >= 0.3 is 5.97 Å². The maximum absolute atomic E-state index is 14.0. The van der Waals surface area contributed by atoms with E-state index in [9.17, 15) is 23.5 Å². The molecule has 1 saturated carbocycles. The van der Waals surface area contributed by atoms with Crippen molar-refractivity contribution < 1.29 is 23.5 Å². The summed E-state index contributed by atoms with van der Waals surface area (Å²) in [5, 5.41) is 9.76. The van der Waals surface area contributed by atoms with Crippen LogP contribution in [-0.2, 0) is 16.1 Å². The van der Waals surface area contributed by atoms with E-state index in [-0.39, 0.29) is 24.4 Å². The maximum Gasteiger partial charge on any atom is 0.311 e. The lowest BCUT2D eigenvalue weighted by atomic mass is 9.81. The molecule has 3 aliphatic rings. The second-order valence-electron chi connectivity index (χ2n) is 8.13. The maximum atomic E-state index is 14.0. The third-order valence-corrected chi connectivity index (χ3v) is 6.64. The molecule has 27 heavy (non-hydrogen) atoms. The van der Waals surface area contributed by atoms with Crippen LogP contribution >= 0.6 is 0 Å². The number of hydrogen-bond donors (Lipinski definition) is 1. The van der Waals surface area contributed by atoms with Crippen LogP contribution in [0.15, 0.2) is 18.2 Å². The van der Waals surface area contributed by atoms with E-state index in [0.717, 1.165) is 25.3 Å². The number of rotatable bonds is 4. The Hall–Kier alpha value is -2.02. The number of carboxylic acid groups (broad SMARTS) is 1. The Balaban J connectivity index is 1.49. The van der Waals surface area contributed by atoms with Crippen molar-refractivity contribution in [3.8, 4) is 0 Å².